The third-order valence-corrected chi connectivity index (χ3v) is 3.02. The Labute approximate surface area is 114 Å². The third-order valence-electron chi connectivity index (χ3n) is 3.02. The van der Waals surface area contributed by atoms with Crippen molar-refractivity contribution in [2.45, 2.75) is 26.3 Å². The van der Waals surface area contributed by atoms with E-state index in [0.29, 0.717) is 6.04 Å². The smallest absolute Gasteiger partial charge is 0.163 e. The number of nitrogens with zero attached hydrogens (tertiary/aromatic N) is 2. The maximum Gasteiger partial charge on any atom is 0.163 e. The number of hydrogen-bond acceptors (Lipinski definition) is 4. The van der Waals surface area contributed by atoms with Crippen molar-refractivity contribution in [1.29, 1.82) is 0 Å². The zero-order valence-electron chi connectivity index (χ0n) is 11.6. The Balaban J connectivity index is 2.36. The van der Waals surface area contributed by atoms with Gasteiger partial charge < -0.3 is 10.6 Å². The van der Waals surface area contributed by atoms with Gasteiger partial charge in [0.05, 0.1) is 0 Å². The van der Waals surface area contributed by atoms with Gasteiger partial charge in [0, 0.05) is 24.7 Å². The normalized spacial score (nSPS) is 11.9. The highest BCUT2D eigenvalue weighted by Crippen LogP contribution is 2.20. The first-order valence-electron chi connectivity index (χ1n) is 6.61. The van der Waals surface area contributed by atoms with Gasteiger partial charge in [0.2, 0.25) is 0 Å². The molecule has 2 N–H and O–H groups in total. The number of benzene rings is 1. The van der Waals surface area contributed by atoms with E-state index in [1.165, 1.54) is 0 Å². The molecule has 19 heavy (non-hydrogen) atoms. The van der Waals surface area contributed by atoms with Crippen LogP contribution in [0.5, 0.6) is 0 Å². The Bertz CT molecular complexity index is 525. The molecule has 2 aromatic rings. The van der Waals surface area contributed by atoms with Crippen molar-refractivity contribution in [3.63, 3.8) is 0 Å². The summed E-state index contributed by atoms with van der Waals surface area (Å²) in [5.74, 6) is 2.41. The molecule has 4 heteroatoms. The maximum atomic E-state index is 4.58. The molecule has 0 amide bonds. The van der Waals surface area contributed by atoms with Crippen LogP contribution in [0.25, 0.3) is 11.4 Å². The predicted molar refractivity (Wildman–Crippen MR) is 80.4 cm³/mol. The van der Waals surface area contributed by atoms with E-state index in [1.54, 1.807) is 0 Å². The minimum Gasteiger partial charge on any atom is -0.373 e. The maximum absolute atomic E-state index is 4.58. The van der Waals surface area contributed by atoms with Crippen LogP contribution in [-0.2, 0) is 0 Å². The Morgan fingerprint density at radius 1 is 1.11 bits per heavy atom. The van der Waals surface area contributed by atoms with Crippen molar-refractivity contribution < 1.29 is 0 Å². The van der Waals surface area contributed by atoms with Gasteiger partial charge in [0.15, 0.2) is 5.82 Å². The zero-order valence-corrected chi connectivity index (χ0v) is 11.6. The van der Waals surface area contributed by atoms with Crippen LogP contribution in [0.15, 0.2) is 36.4 Å². The number of aromatic nitrogens is 2. The van der Waals surface area contributed by atoms with Gasteiger partial charge in [-0.2, -0.15) is 0 Å². The van der Waals surface area contributed by atoms with Crippen molar-refractivity contribution in [3.05, 3.63) is 36.4 Å². The van der Waals surface area contributed by atoms with Gasteiger partial charge >= 0.3 is 0 Å². The first kappa shape index (κ1) is 13.3. The first-order chi connectivity index (χ1) is 9.22. The highest BCUT2D eigenvalue weighted by molar-refractivity contribution is 5.61. The van der Waals surface area contributed by atoms with E-state index in [-0.39, 0.29) is 0 Å². The summed E-state index contributed by atoms with van der Waals surface area (Å²) in [6.45, 7) is 4.29. The molecule has 1 heterocycles. The van der Waals surface area contributed by atoms with Crippen LogP contribution in [0.1, 0.15) is 20.3 Å². The van der Waals surface area contributed by atoms with Crippen LogP contribution in [-0.4, -0.2) is 23.1 Å². The Morgan fingerprint density at radius 2 is 1.79 bits per heavy atom. The quantitative estimate of drug-likeness (QED) is 0.861. The molecule has 0 saturated carbocycles. The number of hydrogen-bond donors (Lipinski definition) is 2. The fourth-order valence-corrected chi connectivity index (χ4v) is 1.72. The van der Waals surface area contributed by atoms with Gasteiger partial charge in [-0.1, -0.05) is 37.3 Å². The molecule has 100 valence electrons. The second-order valence-corrected chi connectivity index (χ2v) is 4.53. The van der Waals surface area contributed by atoms with Crippen molar-refractivity contribution in [2.24, 2.45) is 0 Å². The number of anilines is 2. The van der Waals surface area contributed by atoms with E-state index >= 15 is 0 Å². The molecule has 0 spiro atoms. The average Bonchev–Trinajstić information content (AvgIpc) is 2.47. The highest BCUT2D eigenvalue weighted by atomic mass is 15.1. The van der Waals surface area contributed by atoms with Gasteiger partial charge in [-0.25, -0.2) is 9.97 Å². The summed E-state index contributed by atoms with van der Waals surface area (Å²) in [4.78, 5) is 9.07. The lowest BCUT2D eigenvalue weighted by atomic mass is 10.2. The molecule has 0 aliphatic heterocycles. The van der Waals surface area contributed by atoms with Gasteiger partial charge in [0.1, 0.15) is 11.6 Å². The monoisotopic (exact) mass is 256 g/mol. The van der Waals surface area contributed by atoms with Crippen molar-refractivity contribution in [2.75, 3.05) is 17.7 Å². The molecule has 1 atom stereocenters. The molecular weight excluding hydrogens is 236 g/mol. The summed E-state index contributed by atoms with van der Waals surface area (Å²) in [6.07, 6.45) is 1.06. The fraction of sp³-hybridized carbons (Fsp3) is 0.333. The van der Waals surface area contributed by atoms with Crippen LogP contribution in [0, 0.1) is 0 Å². The van der Waals surface area contributed by atoms with Crippen molar-refractivity contribution in [3.8, 4) is 11.4 Å². The molecule has 1 unspecified atom stereocenters. The second-order valence-electron chi connectivity index (χ2n) is 4.53. The average molecular weight is 256 g/mol. The molecular formula is C15H20N4. The fourth-order valence-electron chi connectivity index (χ4n) is 1.72. The third kappa shape index (κ3) is 3.44. The molecule has 0 aliphatic carbocycles. The van der Waals surface area contributed by atoms with Gasteiger partial charge in [-0.15, -0.1) is 0 Å². The van der Waals surface area contributed by atoms with E-state index in [4.69, 9.17) is 0 Å². The summed E-state index contributed by atoms with van der Waals surface area (Å²) in [7, 11) is 1.87. The largest absolute Gasteiger partial charge is 0.373 e. The van der Waals surface area contributed by atoms with E-state index in [1.807, 2.05) is 43.4 Å². The van der Waals surface area contributed by atoms with Gasteiger partial charge in [0.25, 0.3) is 0 Å². The summed E-state index contributed by atoms with van der Waals surface area (Å²) < 4.78 is 0. The standard InChI is InChI=1S/C15H20N4/c1-4-11(2)17-14-10-13(16-3)18-15(19-14)12-8-6-5-7-9-12/h5-11H,4H2,1-3H3,(H2,16,17,18,19). The van der Waals surface area contributed by atoms with Crippen LogP contribution in [0.3, 0.4) is 0 Å². The molecule has 1 aromatic carbocycles. The molecule has 0 bridgehead atoms. The molecule has 2 rings (SSSR count). The highest BCUT2D eigenvalue weighted by Gasteiger charge is 2.07. The van der Waals surface area contributed by atoms with E-state index in [2.05, 4.69) is 34.4 Å². The topological polar surface area (TPSA) is 49.8 Å². The predicted octanol–water partition coefficient (Wildman–Crippen LogP) is 3.40. The van der Waals surface area contributed by atoms with E-state index < -0.39 is 0 Å². The van der Waals surface area contributed by atoms with E-state index in [9.17, 15) is 0 Å². The van der Waals surface area contributed by atoms with Crippen molar-refractivity contribution >= 4 is 11.6 Å². The lowest BCUT2D eigenvalue weighted by molar-refractivity contribution is 0.759. The Kier molecular flexibility index (Phi) is 4.34. The first-order valence-corrected chi connectivity index (χ1v) is 6.61. The summed E-state index contributed by atoms with van der Waals surface area (Å²) in [6, 6.07) is 12.3. The molecule has 4 nitrogen and oxygen atoms in total. The molecule has 0 radical (unpaired) electrons. The van der Waals surface area contributed by atoms with Crippen LogP contribution < -0.4 is 10.6 Å². The lowest BCUT2D eigenvalue weighted by Crippen LogP contribution is -2.15. The molecule has 1 aromatic heterocycles. The Morgan fingerprint density at radius 3 is 2.42 bits per heavy atom. The second kappa shape index (κ2) is 6.18. The van der Waals surface area contributed by atoms with E-state index in [0.717, 1.165) is 29.4 Å². The number of rotatable bonds is 5. The van der Waals surface area contributed by atoms with Crippen LogP contribution >= 0.6 is 0 Å². The molecule has 0 saturated heterocycles. The minimum atomic E-state index is 0.392. The summed E-state index contributed by atoms with van der Waals surface area (Å²) in [5.41, 5.74) is 1.02. The SMILES string of the molecule is CCC(C)Nc1cc(NC)nc(-c2ccccc2)n1. The lowest BCUT2D eigenvalue weighted by Gasteiger charge is -2.14. The minimum absolute atomic E-state index is 0.392. The van der Waals surface area contributed by atoms with Crippen LogP contribution in [0.4, 0.5) is 11.6 Å². The summed E-state index contributed by atoms with van der Waals surface area (Å²) >= 11 is 0. The van der Waals surface area contributed by atoms with Crippen LogP contribution in [0.2, 0.25) is 0 Å². The zero-order chi connectivity index (χ0) is 13.7. The summed E-state index contributed by atoms with van der Waals surface area (Å²) in [5, 5.41) is 6.46. The molecule has 0 aliphatic rings. The number of nitrogens with one attached hydrogen (secondary N) is 2. The van der Waals surface area contributed by atoms with Gasteiger partial charge in [-0.05, 0) is 13.3 Å². The Hall–Kier alpha value is -2.10. The molecule has 0 fully saturated rings. The van der Waals surface area contributed by atoms with Crippen molar-refractivity contribution in [1.82, 2.24) is 9.97 Å². The van der Waals surface area contributed by atoms with Gasteiger partial charge in [-0.3, -0.25) is 0 Å².